The molecule has 0 spiro atoms. The predicted molar refractivity (Wildman–Crippen MR) is 78.1 cm³/mol. The minimum atomic E-state index is 0.679. The number of unbranched alkanes of at least 4 members (excludes halogenated alkanes) is 1. The molecule has 1 heterocycles. The van der Waals surface area contributed by atoms with Crippen LogP contribution in [-0.2, 0) is 12.2 Å². The highest BCUT2D eigenvalue weighted by molar-refractivity contribution is 7.98. The maximum absolute atomic E-state index is 5.88. The summed E-state index contributed by atoms with van der Waals surface area (Å²) in [6.45, 7) is 4.18. The molecule has 5 heteroatoms. The maximum atomic E-state index is 5.88. The van der Waals surface area contributed by atoms with Gasteiger partial charge in [-0.2, -0.15) is 4.98 Å². The third-order valence-corrected chi connectivity index (χ3v) is 4.09. The Bertz CT molecular complexity index is 539. The SMILES string of the molecule is CCCCc1noc(CSc2cccc(N)c2C)n1. The number of anilines is 1. The van der Waals surface area contributed by atoms with Crippen molar-refractivity contribution in [3.05, 3.63) is 35.5 Å². The number of aryl methyl sites for hydroxylation is 1. The molecule has 0 aliphatic rings. The molecule has 0 bridgehead atoms. The average molecular weight is 277 g/mol. The van der Waals surface area contributed by atoms with Crippen LogP contribution in [0.4, 0.5) is 5.69 Å². The van der Waals surface area contributed by atoms with Crippen molar-refractivity contribution in [2.24, 2.45) is 0 Å². The summed E-state index contributed by atoms with van der Waals surface area (Å²) < 4.78 is 5.24. The smallest absolute Gasteiger partial charge is 0.237 e. The van der Waals surface area contributed by atoms with Crippen molar-refractivity contribution in [1.29, 1.82) is 0 Å². The lowest BCUT2D eigenvalue weighted by Crippen LogP contribution is -1.91. The molecule has 4 nitrogen and oxygen atoms in total. The first kappa shape index (κ1) is 13.9. The molecule has 2 rings (SSSR count). The Balaban J connectivity index is 1.95. The van der Waals surface area contributed by atoms with Gasteiger partial charge in [0.2, 0.25) is 5.89 Å². The van der Waals surface area contributed by atoms with E-state index in [-0.39, 0.29) is 0 Å². The second-order valence-corrected chi connectivity index (χ2v) is 5.48. The topological polar surface area (TPSA) is 64.9 Å². The van der Waals surface area contributed by atoms with Crippen LogP contribution in [0, 0.1) is 6.92 Å². The number of hydrogen-bond donors (Lipinski definition) is 1. The number of thioether (sulfide) groups is 1. The van der Waals surface area contributed by atoms with Gasteiger partial charge in [0, 0.05) is 17.0 Å². The molecule has 1 aromatic carbocycles. The summed E-state index contributed by atoms with van der Waals surface area (Å²) in [5, 5.41) is 3.98. The van der Waals surface area contributed by atoms with Crippen LogP contribution in [0.1, 0.15) is 37.0 Å². The molecule has 0 amide bonds. The Morgan fingerprint density at radius 3 is 3.00 bits per heavy atom. The highest BCUT2D eigenvalue weighted by Crippen LogP contribution is 2.28. The number of hydrogen-bond acceptors (Lipinski definition) is 5. The second-order valence-electron chi connectivity index (χ2n) is 4.47. The fourth-order valence-electron chi connectivity index (χ4n) is 1.71. The first-order valence-corrected chi connectivity index (χ1v) is 7.48. The van der Waals surface area contributed by atoms with Crippen LogP contribution < -0.4 is 5.73 Å². The van der Waals surface area contributed by atoms with Gasteiger partial charge >= 0.3 is 0 Å². The standard InChI is InChI=1S/C14H19N3OS/c1-3-4-8-13-16-14(18-17-13)9-19-12-7-5-6-11(15)10(12)2/h5-7H,3-4,8-9,15H2,1-2H3. The van der Waals surface area contributed by atoms with E-state index in [1.54, 1.807) is 11.8 Å². The van der Waals surface area contributed by atoms with E-state index in [1.165, 1.54) is 0 Å². The Kier molecular flexibility index (Phi) is 4.85. The minimum Gasteiger partial charge on any atom is -0.398 e. The molecule has 0 fully saturated rings. The molecule has 0 aliphatic carbocycles. The molecular weight excluding hydrogens is 258 g/mol. The molecule has 0 atom stereocenters. The van der Waals surface area contributed by atoms with Gasteiger partial charge in [-0.25, -0.2) is 0 Å². The molecule has 102 valence electrons. The van der Waals surface area contributed by atoms with Gasteiger partial charge in [-0.3, -0.25) is 0 Å². The van der Waals surface area contributed by atoms with E-state index in [9.17, 15) is 0 Å². The highest BCUT2D eigenvalue weighted by atomic mass is 32.2. The van der Waals surface area contributed by atoms with Crippen LogP contribution in [0.2, 0.25) is 0 Å². The van der Waals surface area contributed by atoms with Gasteiger partial charge < -0.3 is 10.3 Å². The Hall–Kier alpha value is -1.49. The molecule has 0 saturated carbocycles. The highest BCUT2D eigenvalue weighted by Gasteiger charge is 2.08. The number of nitrogens with two attached hydrogens (primary N) is 1. The number of benzene rings is 1. The summed E-state index contributed by atoms with van der Waals surface area (Å²) in [6, 6.07) is 5.94. The van der Waals surface area contributed by atoms with Crippen molar-refractivity contribution >= 4 is 17.4 Å². The zero-order chi connectivity index (χ0) is 13.7. The van der Waals surface area contributed by atoms with Crippen molar-refractivity contribution in [2.75, 3.05) is 5.73 Å². The average Bonchev–Trinajstić information content (AvgIpc) is 2.86. The number of aromatic nitrogens is 2. The first-order valence-electron chi connectivity index (χ1n) is 6.50. The predicted octanol–water partition coefficient (Wildman–Crippen LogP) is 3.60. The van der Waals surface area contributed by atoms with Gasteiger partial charge in [0.1, 0.15) is 0 Å². The van der Waals surface area contributed by atoms with Crippen molar-refractivity contribution in [1.82, 2.24) is 10.1 Å². The van der Waals surface area contributed by atoms with Crippen LogP contribution in [0.15, 0.2) is 27.6 Å². The normalized spacial score (nSPS) is 10.8. The third kappa shape index (κ3) is 3.73. The summed E-state index contributed by atoms with van der Waals surface area (Å²) in [5.74, 6) is 2.17. The molecule has 0 saturated heterocycles. The zero-order valence-electron chi connectivity index (χ0n) is 11.3. The van der Waals surface area contributed by atoms with Crippen molar-refractivity contribution in [2.45, 2.75) is 43.8 Å². The van der Waals surface area contributed by atoms with E-state index in [4.69, 9.17) is 10.3 Å². The van der Waals surface area contributed by atoms with Crippen LogP contribution in [0.5, 0.6) is 0 Å². The Morgan fingerprint density at radius 1 is 1.37 bits per heavy atom. The largest absolute Gasteiger partial charge is 0.398 e. The fraction of sp³-hybridized carbons (Fsp3) is 0.429. The molecule has 0 aliphatic heterocycles. The molecule has 0 radical (unpaired) electrons. The minimum absolute atomic E-state index is 0.679. The molecule has 1 aromatic heterocycles. The summed E-state index contributed by atoms with van der Waals surface area (Å²) in [4.78, 5) is 5.55. The van der Waals surface area contributed by atoms with Crippen molar-refractivity contribution in [3.63, 3.8) is 0 Å². The lowest BCUT2D eigenvalue weighted by molar-refractivity contribution is 0.384. The Morgan fingerprint density at radius 2 is 2.21 bits per heavy atom. The van der Waals surface area contributed by atoms with E-state index in [0.717, 1.165) is 41.2 Å². The lowest BCUT2D eigenvalue weighted by Gasteiger charge is -2.05. The van der Waals surface area contributed by atoms with Crippen molar-refractivity contribution < 1.29 is 4.52 Å². The van der Waals surface area contributed by atoms with Crippen LogP contribution in [0.3, 0.4) is 0 Å². The lowest BCUT2D eigenvalue weighted by atomic mass is 10.2. The molecule has 2 aromatic rings. The second kappa shape index (κ2) is 6.61. The van der Waals surface area contributed by atoms with E-state index < -0.39 is 0 Å². The van der Waals surface area contributed by atoms with Gasteiger partial charge in [0.25, 0.3) is 0 Å². The van der Waals surface area contributed by atoms with Gasteiger partial charge in [0.15, 0.2) is 5.82 Å². The molecule has 19 heavy (non-hydrogen) atoms. The monoisotopic (exact) mass is 277 g/mol. The molecular formula is C14H19N3OS. The maximum Gasteiger partial charge on any atom is 0.237 e. The number of rotatable bonds is 6. The van der Waals surface area contributed by atoms with Crippen LogP contribution >= 0.6 is 11.8 Å². The fourth-order valence-corrected chi connectivity index (χ4v) is 2.62. The number of nitrogen functional groups attached to an aromatic ring is 1. The quantitative estimate of drug-likeness (QED) is 0.645. The van der Waals surface area contributed by atoms with E-state index >= 15 is 0 Å². The van der Waals surface area contributed by atoms with Crippen LogP contribution in [0.25, 0.3) is 0 Å². The summed E-state index contributed by atoms with van der Waals surface area (Å²) in [7, 11) is 0. The van der Waals surface area contributed by atoms with E-state index in [0.29, 0.717) is 11.6 Å². The van der Waals surface area contributed by atoms with E-state index in [2.05, 4.69) is 23.1 Å². The van der Waals surface area contributed by atoms with Gasteiger partial charge in [-0.1, -0.05) is 24.6 Å². The van der Waals surface area contributed by atoms with Crippen LogP contribution in [-0.4, -0.2) is 10.1 Å². The molecule has 2 N–H and O–H groups in total. The number of nitrogens with zero attached hydrogens (tertiary/aromatic N) is 2. The Labute approximate surface area is 117 Å². The van der Waals surface area contributed by atoms with Crippen molar-refractivity contribution in [3.8, 4) is 0 Å². The van der Waals surface area contributed by atoms with E-state index in [1.807, 2.05) is 19.1 Å². The van der Waals surface area contributed by atoms with Gasteiger partial charge in [-0.05, 0) is 31.0 Å². The summed E-state index contributed by atoms with van der Waals surface area (Å²) in [5.41, 5.74) is 7.81. The first-order chi connectivity index (χ1) is 9.20. The molecule has 0 unspecified atom stereocenters. The van der Waals surface area contributed by atoms with Gasteiger partial charge in [-0.15, -0.1) is 11.8 Å². The third-order valence-electron chi connectivity index (χ3n) is 2.94. The summed E-state index contributed by atoms with van der Waals surface area (Å²) >= 11 is 1.68. The summed E-state index contributed by atoms with van der Waals surface area (Å²) in [6.07, 6.45) is 3.13. The van der Waals surface area contributed by atoms with Gasteiger partial charge in [0.05, 0.1) is 5.75 Å². The zero-order valence-corrected chi connectivity index (χ0v) is 12.2.